The third kappa shape index (κ3) is 8.34. The van der Waals surface area contributed by atoms with E-state index in [0.717, 1.165) is 43.7 Å². The van der Waals surface area contributed by atoms with Crippen LogP contribution in [0.4, 0.5) is 4.39 Å². The SMILES string of the molecule is COCCCO[C@@H](c1ccc(F)cc1)[C@@H]1CCCN(C(=O)C[C@H](CN)CC2CCCCC2)C1. The molecule has 0 unspecified atom stereocenters. The standard InChI is InChI=1S/C27H43FN2O3/c1-32-15-6-16-33-27(23-10-12-25(28)13-11-23)24-9-5-14-30(20-24)26(31)18-22(19-29)17-21-7-3-2-4-8-21/h10-13,21-22,24,27H,2-9,14-20,29H2,1H3/t22-,24-,27+/m1/s1. The first kappa shape index (κ1) is 26.1. The zero-order valence-electron chi connectivity index (χ0n) is 20.4. The van der Waals surface area contributed by atoms with Gasteiger partial charge in [-0.2, -0.15) is 0 Å². The fraction of sp³-hybridized carbons (Fsp3) is 0.741. The van der Waals surface area contributed by atoms with Crippen LogP contribution in [0.1, 0.15) is 75.9 Å². The molecule has 1 aliphatic carbocycles. The average molecular weight is 463 g/mol. The lowest BCUT2D eigenvalue weighted by Gasteiger charge is -2.38. The Kier molecular flexibility index (Phi) is 11.1. The molecule has 0 aromatic heterocycles. The first-order valence-corrected chi connectivity index (χ1v) is 12.9. The van der Waals surface area contributed by atoms with E-state index in [0.29, 0.717) is 32.7 Å². The van der Waals surface area contributed by atoms with Crippen molar-refractivity contribution >= 4 is 5.91 Å². The van der Waals surface area contributed by atoms with Gasteiger partial charge in [-0.05, 0) is 61.8 Å². The molecule has 186 valence electrons. The minimum atomic E-state index is -0.247. The van der Waals surface area contributed by atoms with Crippen molar-refractivity contribution in [2.24, 2.45) is 23.5 Å². The van der Waals surface area contributed by atoms with E-state index in [9.17, 15) is 9.18 Å². The minimum Gasteiger partial charge on any atom is -0.385 e. The molecule has 1 amide bonds. The molecular formula is C27H43FN2O3. The Labute approximate surface area is 199 Å². The van der Waals surface area contributed by atoms with Gasteiger partial charge in [-0.25, -0.2) is 4.39 Å². The maximum Gasteiger partial charge on any atom is 0.222 e. The van der Waals surface area contributed by atoms with Gasteiger partial charge < -0.3 is 20.1 Å². The number of hydrogen-bond donors (Lipinski definition) is 1. The van der Waals surface area contributed by atoms with Crippen molar-refractivity contribution < 1.29 is 18.7 Å². The van der Waals surface area contributed by atoms with Crippen molar-refractivity contribution in [1.82, 2.24) is 4.90 Å². The minimum absolute atomic E-state index is 0.148. The molecule has 3 atom stereocenters. The second kappa shape index (κ2) is 14.0. The van der Waals surface area contributed by atoms with Gasteiger partial charge in [0.1, 0.15) is 5.82 Å². The molecule has 6 heteroatoms. The van der Waals surface area contributed by atoms with E-state index in [2.05, 4.69) is 0 Å². The smallest absolute Gasteiger partial charge is 0.222 e. The molecule has 1 aromatic rings. The molecule has 0 radical (unpaired) electrons. The summed E-state index contributed by atoms with van der Waals surface area (Å²) in [6.45, 7) is 3.30. The highest BCUT2D eigenvalue weighted by Gasteiger charge is 2.32. The predicted molar refractivity (Wildman–Crippen MR) is 129 cm³/mol. The molecule has 1 heterocycles. The van der Waals surface area contributed by atoms with Gasteiger partial charge in [-0.3, -0.25) is 4.79 Å². The van der Waals surface area contributed by atoms with Gasteiger partial charge in [0.2, 0.25) is 5.91 Å². The second-order valence-corrected chi connectivity index (χ2v) is 9.98. The number of carbonyl (C=O) groups is 1. The highest BCUT2D eigenvalue weighted by molar-refractivity contribution is 5.76. The van der Waals surface area contributed by atoms with Crippen LogP contribution in [0.25, 0.3) is 0 Å². The van der Waals surface area contributed by atoms with E-state index in [1.54, 1.807) is 7.11 Å². The Bertz CT molecular complexity index is 693. The summed E-state index contributed by atoms with van der Waals surface area (Å²) in [5.74, 6) is 1.19. The maximum absolute atomic E-state index is 13.5. The third-order valence-electron chi connectivity index (χ3n) is 7.42. The van der Waals surface area contributed by atoms with Gasteiger partial charge in [0.15, 0.2) is 0 Å². The molecule has 1 aromatic carbocycles. The molecular weight excluding hydrogens is 419 g/mol. The normalized spacial score (nSPS) is 21.7. The topological polar surface area (TPSA) is 64.8 Å². The quantitative estimate of drug-likeness (QED) is 0.439. The number of halogens is 1. The van der Waals surface area contributed by atoms with Gasteiger partial charge in [0.05, 0.1) is 6.10 Å². The van der Waals surface area contributed by atoms with Crippen molar-refractivity contribution in [3.8, 4) is 0 Å². The highest BCUT2D eigenvalue weighted by atomic mass is 19.1. The van der Waals surface area contributed by atoms with E-state index >= 15 is 0 Å². The van der Waals surface area contributed by atoms with Crippen molar-refractivity contribution in [2.75, 3.05) is 40.0 Å². The molecule has 2 fully saturated rings. The summed E-state index contributed by atoms with van der Waals surface area (Å²) in [5.41, 5.74) is 7.06. The van der Waals surface area contributed by atoms with Gasteiger partial charge in [0.25, 0.3) is 0 Å². The zero-order valence-corrected chi connectivity index (χ0v) is 20.4. The van der Waals surface area contributed by atoms with E-state index < -0.39 is 0 Å². The van der Waals surface area contributed by atoms with E-state index in [1.165, 1.54) is 44.2 Å². The lowest BCUT2D eigenvalue weighted by molar-refractivity contribution is -0.135. The summed E-state index contributed by atoms with van der Waals surface area (Å²) >= 11 is 0. The number of amides is 1. The van der Waals surface area contributed by atoms with Crippen LogP contribution in [-0.2, 0) is 14.3 Å². The molecule has 2 N–H and O–H groups in total. The van der Waals surface area contributed by atoms with Crippen LogP contribution in [-0.4, -0.2) is 50.8 Å². The number of piperidine rings is 1. The van der Waals surface area contributed by atoms with Crippen molar-refractivity contribution in [3.63, 3.8) is 0 Å². The van der Waals surface area contributed by atoms with E-state index in [-0.39, 0.29) is 29.7 Å². The number of carbonyl (C=O) groups excluding carboxylic acids is 1. The van der Waals surface area contributed by atoms with Crippen molar-refractivity contribution in [2.45, 2.75) is 70.3 Å². The predicted octanol–water partition coefficient (Wildman–Crippen LogP) is 5.09. The van der Waals surface area contributed by atoms with E-state index in [1.807, 2.05) is 17.0 Å². The number of benzene rings is 1. The van der Waals surface area contributed by atoms with Crippen molar-refractivity contribution in [3.05, 3.63) is 35.6 Å². The fourth-order valence-corrected chi connectivity index (χ4v) is 5.59. The molecule has 3 rings (SSSR count). The molecule has 5 nitrogen and oxygen atoms in total. The summed E-state index contributed by atoms with van der Waals surface area (Å²) in [5, 5.41) is 0. The molecule has 0 bridgehead atoms. The van der Waals surface area contributed by atoms with Crippen LogP contribution >= 0.6 is 0 Å². The molecule has 0 spiro atoms. The van der Waals surface area contributed by atoms with Gasteiger partial charge in [-0.1, -0.05) is 44.2 Å². The Balaban J connectivity index is 1.59. The molecule has 33 heavy (non-hydrogen) atoms. The Morgan fingerprint density at radius 2 is 1.88 bits per heavy atom. The first-order chi connectivity index (χ1) is 16.1. The molecule has 1 aliphatic heterocycles. The maximum atomic E-state index is 13.5. The van der Waals surface area contributed by atoms with Crippen LogP contribution in [0.2, 0.25) is 0 Å². The summed E-state index contributed by atoms with van der Waals surface area (Å²) in [7, 11) is 1.69. The summed E-state index contributed by atoms with van der Waals surface area (Å²) in [6.07, 6.45) is 10.8. The van der Waals surface area contributed by atoms with Crippen LogP contribution in [0.5, 0.6) is 0 Å². The number of nitrogens with two attached hydrogens (primary N) is 1. The van der Waals surface area contributed by atoms with Gasteiger partial charge in [-0.15, -0.1) is 0 Å². The molecule has 1 saturated carbocycles. The number of nitrogens with zero attached hydrogens (tertiary/aromatic N) is 1. The van der Waals surface area contributed by atoms with Crippen LogP contribution in [0.3, 0.4) is 0 Å². The van der Waals surface area contributed by atoms with Gasteiger partial charge in [0, 0.05) is 45.8 Å². The van der Waals surface area contributed by atoms with Crippen LogP contribution in [0.15, 0.2) is 24.3 Å². The monoisotopic (exact) mass is 462 g/mol. The summed E-state index contributed by atoms with van der Waals surface area (Å²) in [6, 6.07) is 6.60. The summed E-state index contributed by atoms with van der Waals surface area (Å²) in [4.78, 5) is 15.2. The lowest BCUT2D eigenvalue weighted by Crippen LogP contribution is -2.43. The lowest BCUT2D eigenvalue weighted by atomic mass is 9.81. The van der Waals surface area contributed by atoms with E-state index in [4.69, 9.17) is 15.2 Å². The Morgan fingerprint density at radius 1 is 1.12 bits per heavy atom. The number of rotatable bonds is 12. The largest absolute Gasteiger partial charge is 0.385 e. The van der Waals surface area contributed by atoms with Crippen LogP contribution in [0, 0.1) is 23.6 Å². The Morgan fingerprint density at radius 3 is 2.58 bits per heavy atom. The fourth-order valence-electron chi connectivity index (χ4n) is 5.59. The zero-order chi connectivity index (χ0) is 23.5. The first-order valence-electron chi connectivity index (χ1n) is 12.9. The van der Waals surface area contributed by atoms with Gasteiger partial charge >= 0.3 is 0 Å². The number of likely N-dealkylation sites (tertiary alicyclic amines) is 1. The average Bonchev–Trinajstić information content (AvgIpc) is 2.85. The second-order valence-electron chi connectivity index (χ2n) is 9.98. The van der Waals surface area contributed by atoms with Crippen molar-refractivity contribution in [1.29, 1.82) is 0 Å². The number of methoxy groups -OCH3 is 1. The Hall–Kier alpha value is -1.50. The molecule has 1 saturated heterocycles. The van der Waals surface area contributed by atoms with Crippen LogP contribution < -0.4 is 5.73 Å². The highest BCUT2D eigenvalue weighted by Crippen LogP contribution is 2.34. The third-order valence-corrected chi connectivity index (χ3v) is 7.42. The number of hydrogen-bond acceptors (Lipinski definition) is 4. The molecule has 2 aliphatic rings. The number of ether oxygens (including phenoxy) is 2. The summed E-state index contributed by atoms with van der Waals surface area (Å²) < 4.78 is 24.9.